The highest BCUT2D eigenvalue weighted by atomic mass is 16.1. The summed E-state index contributed by atoms with van der Waals surface area (Å²) in [5.41, 5.74) is 0. The molecular weight excluding hydrogens is 330 g/mol. The summed E-state index contributed by atoms with van der Waals surface area (Å²) in [5.74, 6) is 1.11. The summed E-state index contributed by atoms with van der Waals surface area (Å²) in [6.45, 7) is 3.11. The summed E-state index contributed by atoms with van der Waals surface area (Å²) in [4.78, 5) is 11.6. The van der Waals surface area contributed by atoms with Crippen LogP contribution < -0.4 is 5.32 Å². The van der Waals surface area contributed by atoms with Crippen molar-refractivity contribution in [2.45, 2.75) is 90.4 Å². The lowest BCUT2D eigenvalue weighted by molar-refractivity contribution is -0.121. The quantitative estimate of drug-likeness (QED) is 0.215. The monoisotopic (exact) mass is 371 g/mol. The number of nitrogens with one attached hydrogen (secondary N) is 1. The number of carbonyl (C=O) groups is 1. The van der Waals surface area contributed by atoms with Gasteiger partial charge in [0.2, 0.25) is 5.91 Å². The first kappa shape index (κ1) is 23.5. The largest absolute Gasteiger partial charge is 0.356 e. The Bertz CT molecular complexity index is 469. The molecule has 1 fully saturated rings. The zero-order valence-electron chi connectivity index (χ0n) is 17.5. The first-order valence-corrected chi connectivity index (χ1v) is 11.2. The average molecular weight is 372 g/mol. The summed E-state index contributed by atoms with van der Waals surface area (Å²) in [7, 11) is 0. The Kier molecular flexibility index (Phi) is 15.5. The van der Waals surface area contributed by atoms with Crippen LogP contribution in [0.1, 0.15) is 90.4 Å². The zero-order valence-corrected chi connectivity index (χ0v) is 17.5. The maximum atomic E-state index is 11.6. The van der Waals surface area contributed by atoms with Crippen LogP contribution in [0.2, 0.25) is 0 Å². The maximum Gasteiger partial charge on any atom is 0.220 e. The summed E-state index contributed by atoms with van der Waals surface area (Å²) in [6, 6.07) is 0. The van der Waals surface area contributed by atoms with Gasteiger partial charge in [0, 0.05) is 13.0 Å². The molecule has 0 radical (unpaired) electrons. The van der Waals surface area contributed by atoms with Gasteiger partial charge >= 0.3 is 0 Å². The fourth-order valence-corrected chi connectivity index (χ4v) is 2.85. The number of amides is 1. The molecule has 0 aromatic heterocycles. The number of allylic oxidation sites excluding steroid dienone is 8. The first-order chi connectivity index (χ1) is 13.3. The third kappa shape index (κ3) is 17.6. The smallest absolute Gasteiger partial charge is 0.220 e. The predicted molar refractivity (Wildman–Crippen MR) is 119 cm³/mol. The van der Waals surface area contributed by atoms with Gasteiger partial charge in [0.05, 0.1) is 0 Å². The van der Waals surface area contributed by atoms with Crippen LogP contribution in [0, 0.1) is 5.92 Å². The van der Waals surface area contributed by atoms with E-state index < -0.39 is 0 Å². The molecule has 1 N–H and O–H groups in total. The summed E-state index contributed by atoms with van der Waals surface area (Å²) < 4.78 is 0. The molecule has 1 aliphatic carbocycles. The molecule has 0 heterocycles. The van der Waals surface area contributed by atoms with Crippen LogP contribution in [0.4, 0.5) is 0 Å². The minimum atomic E-state index is 0.214. The molecule has 0 unspecified atom stereocenters. The van der Waals surface area contributed by atoms with Crippen LogP contribution in [0.5, 0.6) is 0 Å². The van der Waals surface area contributed by atoms with E-state index in [0.717, 1.165) is 44.6 Å². The topological polar surface area (TPSA) is 29.1 Å². The Morgan fingerprint density at radius 2 is 1.37 bits per heavy atom. The Balaban J connectivity index is 1.85. The highest BCUT2D eigenvalue weighted by molar-refractivity contribution is 5.75. The number of rotatable bonds is 17. The minimum Gasteiger partial charge on any atom is -0.356 e. The van der Waals surface area contributed by atoms with Gasteiger partial charge in [-0.25, -0.2) is 0 Å². The summed E-state index contributed by atoms with van der Waals surface area (Å²) in [5, 5.41) is 3.02. The molecule has 2 heteroatoms. The Morgan fingerprint density at radius 1 is 0.815 bits per heavy atom. The van der Waals surface area contributed by atoms with E-state index in [-0.39, 0.29) is 5.91 Å². The van der Waals surface area contributed by atoms with Gasteiger partial charge in [-0.3, -0.25) is 4.79 Å². The van der Waals surface area contributed by atoms with Gasteiger partial charge in [-0.2, -0.15) is 0 Å². The molecule has 1 saturated carbocycles. The van der Waals surface area contributed by atoms with Gasteiger partial charge in [0.25, 0.3) is 0 Å². The molecule has 0 aliphatic heterocycles. The van der Waals surface area contributed by atoms with Crippen molar-refractivity contribution in [1.29, 1.82) is 0 Å². The van der Waals surface area contributed by atoms with Gasteiger partial charge in [-0.05, 0) is 57.3 Å². The van der Waals surface area contributed by atoms with Crippen molar-refractivity contribution in [3.8, 4) is 0 Å². The Morgan fingerprint density at radius 3 is 1.93 bits per heavy atom. The van der Waals surface area contributed by atoms with Crippen molar-refractivity contribution in [3.63, 3.8) is 0 Å². The molecular formula is C25H41NO. The van der Waals surface area contributed by atoms with Crippen molar-refractivity contribution in [3.05, 3.63) is 48.6 Å². The standard InChI is InChI=1S/C25H41NO/c1-2-3-4-5-6-7-8-9-10-11-12-13-14-15-16-17-18-19-25(27)26-23-22-24-20-21-24/h6-7,9-10,12-13,15-16,24H,2-5,8,11,14,17-23H2,1H3,(H,26,27). The minimum absolute atomic E-state index is 0.214. The average Bonchev–Trinajstić information content (AvgIpc) is 3.48. The van der Waals surface area contributed by atoms with Crippen LogP contribution in [-0.4, -0.2) is 12.5 Å². The highest BCUT2D eigenvalue weighted by Crippen LogP contribution is 2.31. The molecule has 0 saturated heterocycles. The summed E-state index contributed by atoms with van der Waals surface area (Å²) >= 11 is 0. The fourth-order valence-electron chi connectivity index (χ4n) is 2.85. The van der Waals surface area contributed by atoms with E-state index in [2.05, 4.69) is 60.8 Å². The molecule has 1 aliphatic rings. The number of unbranched alkanes of at least 4 members (excludes halogenated alkanes) is 4. The molecule has 152 valence electrons. The van der Waals surface area contributed by atoms with E-state index in [1.165, 1.54) is 44.9 Å². The fraction of sp³-hybridized carbons (Fsp3) is 0.640. The van der Waals surface area contributed by atoms with E-state index >= 15 is 0 Å². The molecule has 27 heavy (non-hydrogen) atoms. The molecule has 0 atom stereocenters. The second kappa shape index (κ2) is 17.8. The predicted octanol–water partition coefficient (Wildman–Crippen LogP) is 7.05. The van der Waals surface area contributed by atoms with E-state index in [1.54, 1.807) is 0 Å². The van der Waals surface area contributed by atoms with Crippen molar-refractivity contribution in [2.75, 3.05) is 6.54 Å². The van der Waals surface area contributed by atoms with Gasteiger partial charge in [0.15, 0.2) is 0 Å². The van der Waals surface area contributed by atoms with E-state index in [1.807, 2.05) is 0 Å². The Labute approximate surface area is 167 Å². The van der Waals surface area contributed by atoms with Crippen molar-refractivity contribution < 1.29 is 4.79 Å². The highest BCUT2D eigenvalue weighted by Gasteiger charge is 2.20. The molecule has 1 rings (SSSR count). The van der Waals surface area contributed by atoms with Crippen LogP contribution in [0.15, 0.2) is 48.6 Å². The normalized spacial score (nSPS) is 15.0. The van der Waals surface area contributed by atoms with Crippen molar-refractivity contribution >= 4 is 5.91 Å². The molecule has 0 aromatic rings. The lowest BCUT2D eigenvalue weighted by atomic mass is 10.2. The van der Waals surface area contributed by atoms with Gasteiger partial charge in [0.1, 0.15) is 0 Å². The van der Waals surface area contributed by atoms with E-state index in [4.69, 9.17) is 0 Å². The van der Waals surface area contributed by atoms with E-state index in [9.17, 15) is 4.79 Å². The van der Waals surface area contributed by atoms with Gasteiger partial charge in [-0.1, -0.05) is 81.2 Å². The molecule has 0 bridgehead atoms. The third-order valence-electron chi connectivity index (χ3n) is 4.80. The van der Waals surface area contributed by atoms with Gasteiger partial charge < -0.3 is 5.32 Å². The number of carbonyl (C=O) groups excluding carboxylic acids is 1. The van der Waals surface area contributed by atoms with Crippen LogP contribution in [-0.2, 0) is 4.79 Å². The van der Waals surface area contributed by atoms with Crippen LogP contribution in [0.3, 0.4) is 0 Å². The molecule has 1 amide bonds. The van der Waals surface area contributed by atoms with Crippen LogP contribution >= 0.6 is 0 Å². The molecule has 2 nitrogen and oxygen atoms in total. The SMILES string of the molecule is CCCCCC=CCC=CCC=CCC=CCCCC(=O)NCCC1CC1. The van der Waals surface area contributed by atoms with Crippen molar-refractivity contribution in [2.24, 2.45) is 5.92 Å². The Hall–Kier alpha value is -1.57. The lowest BCUT2D eigenvalue weighted by Crippen LogP contribution is -2.24. The number of hydrogen-bond acceptors (Lipinski definition) is 1. The van der Waals surface area contributed by atoms with Gasteiger partial charge in [-0.15, -0.1) is 0 Å². The van der Waals surface area contributed by atoms with Crippen molar-refractivity contribution in [1.82, 2.24) is 5.32 Å². The first-order valence-electron chi connectivity index (χ1n) is 11.2. The maximum absolute atomic E-state index is 11.6. The number of hydrogen-bond donors (Lipinski definition) is 1. The molecule has 0 aromatic carbocycles. The third-order valence-corrected chi connectivity index (χ3v) is 4.80. The zero-order chi connectivity index (χ0) is 19.4. The summed E-state index contributed by atoms with van der Waals surface area (Å²) in [6.07, 6.45) is 32.6. The lowest BCUT2D eigenvalue weighted by Gasteiger charge is -2.03. The van der Waals surface area contributed by atoms with Crippen LogP contribution in [0.25, 0.3) is 0 Å². The second-order valence-corrected chi connectivity index (χ2v) is 7.56. The second-order valence-electron chi connectivity index (χ2n) is 7.56. The molecule has 0 spiro atoms. The van der Waals surface area contributed by atoms with E-state index in [0.29, 0.717) is 6.42 Å².